The summed E-state index contributed by atoms with van der Waals surface area (Å²) in [5.41, 5.74) is -0.480. The number of fused-ring (bicyclic) bond motifs is 1. The lowest BCUT2D eigenvalue weighted by atomic mass is 10.2. The van der Waals surface area contributed by atoms with E-state index in [9.17, 15) is 4.79 Å². The fourth-order valence-corrected chi connectivity index (χ4v) is 3.10. The summed E-state index contributed by atoms with van der Waals surface area (Å²) in [5.74, 6) is 1.40. The number of hydrogen-bond donors (Lipinski definition) is 1. The zero-order chi connectivity index (χ0) is 19.4. The first kappa shape index (κ1) is 22.8. The largest absolute Gasteiger partial charge is 0.476 e. The smallest absolute Gasteiger partial charge is 0.410 e. The summed E-state index contributed by atoms with van der Waals surface area (Å²) in [6.45, 7) is 9.36. The Balaban J connectivity index is 0.00000280. The molecule has 28 heavy (non-hydrogen) atoms. The number of guanidine groups is 1. The minimum atomic E-state index is -0.480. The molecule has 0 saturated carbocycles. The third-order valence-electron chi connectivity index (χ3n) is 4.19. The van der Waals surface area contributed by atoms with E-state index < -0.39 is 5.60 Å². The van der Waals surface area contributed by atoms with Crippen LogP contribution in [0.4, 0.5) is 4.79 Å². The highest BCUT2D eigenvalue weighted by Crippen LogP contribution is 2.18. The monoisotopic (exact) mass is 523 g/mol. The molecule has 1 amide bonds. The maximum Gasteiger partial charge on any atom is 0.410 e. The molecule has 10 heteroatoms. The predicted molar refractivity (Wildman–Crippen MR) is 119 cm³/mol. The van der Waals surface area contributed by atoms with Crippen molar-refractivity contribution in [2.45, 2.75) is 32.4 Å². The summed E-state index contributed by atoms with van der Waals surface area (Å²) in [6, 6.07) is 3.67. The van der Waals surface area contributed by atoms with E-state index in [4.69, 9.17) is 21.1 Å². The van der Waals surface area contributed by atoms with Crippen LogP contribution in [-0.4, -0.2) is 77.8 Å². The van der Waals surface area contributed by atoms with Crippen molar-refractivity contribution in [2.75, 3.05) is 39.3 Å². The molecule has 0 aliphatic carbocycles. The summed E-state index contributed by atoms with van der Waals surface area (Å²) in [5, 5.41) is 3.89. The lowest BCUT2D eigenvalue weighted by molar-refractivity contribution is 0.0137. The molecule has 2 aliphatic heterocycles. The molecule has 8 nitrogen and oxygen atoms in total. The van der Waals surface area contributed by atoms with Crippen LogP contribution in [0.5, 0.6) is 5.88 Å². The molecule has 0 bridgehead atoms. The first-order valence-corrected chi connectivity index (χ1v) is 9.47. The number of rotatable bonds is 4. The van der Waals surface area contributed by atoms with Gasteiger partial charge in [0.1, 0.15) is 12.2 Å². The van der Waals surface area contributed by atoms with Crippen LogP contribution in [-0.2, 0) is 4.74 Å². The van der Waals surface area contributed by atoms with Crippen LogP contribution in [0.1, 0.15) is 20.8 Å². The van der Waals surface area contributed by atoms with Gasteiger partial charge in [0.2, 0.25) is 5.88 Å². The van der Waals surface area contributed by atoms with Gasteiger partial charge in [-0.25, -0.2) is 9.78 Å². The normalized spacial score (nSPS) is 18.7. The molecule has 1 unspecified atom stereocenters. The standard InChI is InChI=1S/C18H26ClN5O3.HI/c1-18(2,3)27-17(25)23-7-8-24-14(12-23)11-22-16(24)20-6-9-26-15-5-4-13(19)10-21-15;/h4-5,10,14H,6-9,11-12H2,1-3H3,(H,20,22);1H. The summed E-state index contributed by atoms with van der Waals surface area (Å²) in [4.78, 5) is 24.9. The Labute approximate surface area is 187 Å². The van der Waals surface area contributed by atoms with Crippen molar-refractivity contribution in [3.05, 3.63) is 23.4 Å². The van der Waals surface area contributed by atoms with E-state index in [0.717, 1.165) is 12.5 Å². The Kier molecular flexibility index (Phi) is 7.99. The summed E-state index contributed by atoms with van der Waals surface area (Å²) >= 11 is 5.80. The van der Waals surface area contributed by atoms with Crippen LogP contribution in [0, 0.1) is 0 Å². The maximum atomic E-state index is 12.3. The zero-order valence-corrected chi connectivity index (χ0v) is 19.4. The molecular weight excluding hydrogens is 497 g/mol. The molecule has 0 spiro atoms. The van der Waals surface area contributed by atoms with E-state index in [-0.39, 0.29) is 36.1 Å². The number of hydrogen-bond acceptors (Lipinski definition) is 7. The molecule has 2 aliphatic rings. The first-order valence-electron chi connectivity index (χ1n) is 9.09. The molecule has 3 rings (SSSR count). The van der Waals surface area contributed by atoms with Crippen LogP contribution >= 0.6 is 35.6 Å². The highest BCUT2D eigenvalue weighted by atomic mass is 127. The molecular formula is C18H27ClIN5O3. The Hall–Kier alpha value is -1.49. The van der Waals surface area contributed by atoms with Gasteiger partial charge >= 0.3 is 6.09 Å². The molecule has 1 N–H and O–H groups in total. The Morgan fingerprint density at radius 3 is 2.82 bits per heavy atom. The van der Waals surface area contributed by atoms with Crippen molar-refractivity contribution in [1.29, 1.82) is 0 Å². The van der Waals surface area contributed by atoms with Gasteiger partial charge in [-0.05, 0) is 26.8 Å². The summed E-state index contributed by atoms with van der Waals surface area (Å²) < 4.78 is 11.0. The van der Waals surface area contributed by atoms with E-state index in [0.29, 0.717) is 43.7 Å². The van der Waals surface area contributed by atoms with Crippen LogP contribution in [0.15, 0.2) is 23.3 Å². The van der Waals surface area contributed by atoms with Crippen LogP contribution in [0.2, 0.25) is 5.02 Å². The minimum Gasteiger partial charge on any atom is -0.476 e. The Morgan fingerprint density at radius 1 is 1.36 bits per heavy atom. The fraction of sp³-hybridized carbons (Fsp3) is 0.611. The molecule has 1 aromatic rings. The van der Waals surface area contributed by atoms with Crippen molar-refractivity contribution in [2.24, 2.45) is 4.99 Å². The second kappa shape index (κ2) is 9.82. The number of carbonyl (C=O) groups excluding carboxylic acids is 1. The number of nitrogens with zero attached hydrogens (tertiary/aromatic N) is 4. The second-order valence-corrected chi connectivity index (χ2v) is 7.96. The SMILES string of the molecule is CC(C)(C)OC(=O)N1CCN2C(NCCOc3ccc(Cl)cn3)=NCC2C1.I. The Bertz CT molecular complexity index is 695. The number of aromatic nitrogens is 1. The number of halogens is 2. The van der Waals surface area contributed by atoms with Gasteiger partial charge in [-0.3, -0.25) is 4.99 Å². The van der Waals surface area contributed by atoms with E-state index in [1.165, 1.54) is 0 Å². The zero-order valence-electron chi connectivity index (χ0n) is 16.4. The van der Waals surface area contributed by atoms with Crippen molar-refractivity contribution >= 4 is 47.6 Å². The average Bonchev–Trinajstić information content (AvgIpc) is 3.01. The van der Waals surface area contributed by atoms with Gasteiger partial charge in [0.25, 0.3) is 0 Å². The van der Waals surface area contributed by atoms with Crippen molar-refractivity contribution in [3.63, 3.8) is 0 Å². The van der Waals surface area contributed by atoms with Gasteiger partial charge < -0.3 is 24.6 Å². The summed E-state index contributed by atoms with van der Waals surface area (Å²) in [6.07, 6.45) is 1.30. The second-order valence-electron chi connectivity index (χ2n) is 7.53. The Morgan fingerprint density at radius 2 is 2.14 bits per heavy atom. The quantitative estimate of drug-likeness (QED) is 0.483. The molecule has 1 fully saturated rings. The molecule has 156 valence electrons. The van der Waals surface area contributed by atoms with E-state index >= 15 is 0 Å². The number of ether oxygens (including phenoxy) is 2. The number of carbonyl (C=O) groups is 1. The van der Waals surface area contributed by atoms with Crippen LogP contribution < -0.4 is 10.1 Å². The maximum absolute atomic E-state index is 12.3. The molecule has 1 aromatic heterocycles. The summed E-state index contributed by atoms with van der Waals surface area (Å²) in [7, 11) is 0. The van der Waals surface area contributed by atoms with Crippen molar-refractivity contribution in [1.82, 2.24) is 20.1 Å². The number of amides is 1. The van der Waals surface area contributed by atoms with Crippen molar-refractivity contribution < 1.29 is 14.3 Å². The molecule has 1 atom stereocenters. The third kappa shape index (κ3) is 6.26. The number of pyridine rings is 1. The average molecular weight is 524 g/mol. The van der Waals surface area contributed by atoms with Gasteiger partial charge in [0.05, 0.1) is 24.2 Å². The van der Waals surface area contributed by atoms with E-state index in [2.05, 4.69) is 20.2 Å². The van der Waals surface area contributed by atoms with Gasteiger partial charge in [0.15, 0.2) is 5.96 Å². The predicted octanol–water partition coefficient (Wildman–Crippen LogP) is 2.61. The topological polar surface area (TPSA) is 79.3 Å². The van der Waals surface area contributed by atoms with Crippen LogP contribution in [0.3, 0.4) is 0 Å². The van der Waals surface area contributed by atoms with E-state index in [1.807, 2.05) is 20.8 Å². The lowest BCUT2D eigenvalue weighted by Gasteiger charge is -2.39. The van der Waals surface area contributed by atoms with Gasteiger partial charge in [0, 0.05) is 31.9 Å². The third-order valence-corrected chi connectivity index (χ3v) is 4.42. The number of nitrogens with one attached hydrogen (secondary N) is 1. The van der Waals surface area contributed by atoms with Gasteiger partial charge in [-0.15, -0.1) is 24.0 Å². The molecule has 0 radical (unpaired) electrons. The first-order chi connectivity index (χ1) is 12.8. The van der Waals surface area contributed by atoms with Gasteiger partial charge in [-0.1, -0.05) is 11.6 Å². The van der Waals surface area contributed by atoms with E-state index in [1.54, 1.807) is 23.2 Å². The highest BCUT2D eigenvalue weighted by Gasteiger charge is 2.36. The lowest BCUT2D eigenvalue weighted by Crippen LogP contribution is -2.57. The number of piperazine rings is 1. The number of aliphatic imine (C=N–C) groups is 1. The molecule has 0 aromatic carbocycles. The fourth-order valence-electron chi connectivity index (χ4n) is 2.99. The highest BCUT2D eigenvalue weighted by molar-refractivity contribution is 14.0. The molecule has 1 saturated heterocycles. The van der Waals surface area contributed by atoms with Crippen LogP contribution in [0.25, 0.3) is 0 Å². The molecule has 3 heterocycles. The van der Waals surface area contributed by atoms with Crippen molar-refractivity contribution in [3.8, 4) is 5.88 Å². The minimum absolute atomic E-state index is 0. The van der Waals surface area contributed by atoms with Gasteiger partial charge in [-0.2, -0.15) is 0 Å².